The van der Waals surface area contributed by atoms with E-state index < -0.39 is 18.1 Å². The Bertz CT molecular complexity index is 594. The third kappa shape index (κ3) is 3.04. The fourth-order valence-corrected chi connectivity index (χ4v) is 3.98. The molecule has 0 bridgehead atoms. The predicted molar refractivity (Wildman–Crippen MR) is 82.6 cm³/mol. The molecular weight excluding hydrogens is 320 g/mol. The van der Waals surface area contributed by atoms with Crippen molar-refractivity contribution in [3.8, 4) is 6.01 Å². The molecule has 1 fully saturated rings. The van der Waals surface area contributed by atoms with E-state index in [1.807, 2.05) is 0 Å². The minimum Gasteiger partial charge on any atom is -0.454 e. The molecule has 3 heterocycles. The second-order valence-electron chi connectivity index (χ2n) is 5.81. The average Bonchev–Trinajstić information content (AvgIpc) is 2.92. The number of hydrogen-bond acceptors (Lipinski definition) is 6. The number of hydrogen-bond donors (Lipinski definition) is 0. The van der Waals surface area contributed by atoms with Crippen molar-refractivity contribution in [3.63, 3.8) is 0 Å². The molecular formula is C13H20N2O5Si2. The highest BCUT2D eigenvalue weighted by Crippen LogP contribution is 2.40. The van der Waals surface area contributed by atoms with Gasteiger partial charge in [0.1, 0.15) is 12.2 Å². The minimum atomic E-state index is -0.919. The normalized spacial score (nSPS) is 29.7. The molecule has 0 aromatic carbocycles. The van der Waals surface area contributed by atoms with Crippen LogP contribution in [0.15, 0.2) is 17.1 Å². The Morgan fingerprint density at radius 3 is 2.77 bits per heavy atom. The van der Waals surface area contributed by atoms with Crippen molar-refractivity contribution >= 4 is 18.1 Å². The second-order valence-corrected chi connectivity index (χ2v) is 9.97. The Morgan fingerprint density at radius 2 is 2.09 bits per heavy atom. The lowest BCUT2D eigenvalue weighted by atomic mass is 10.1. The smallest absolute Gasteiger partial charge is 0.302 e. The molecule has 1 aromatic rings. The summed E-state index contributed by atoms with van der Waals surface area (Å²) in [7, 11) is -1.71. The van der Waals surface area contributed by atoms with Crippen LogP contribution < -0.4 is 10.3 Å². The van der Waals surface area contributed by atoms with Gasteiger partial charge in [-0.3, -0.25) is 9.36 Å². The van der Waals surface area contributed by atoms with Crippen LogP contribution in [-0.2, 0) is 13.6 Å². The van der Waals surface area contributed by atoms with Gasteiger partial charge >= 0.3 is 6.01 Å². The molecule has 1 aromatic heterocycles. The van der Waals surface area contributed by atoms with Gasteiger partial charge in [-0.2, -0.15) is 4.98 Å². The molecule has 0 spiro atoms. The summed E-state index contributed by atoms with van der Waals surface area (Å²) >= 11 is 0. The number of rotatable bonds is 5. The molecule has 4 unspecified atom stereocenters. The van der Waals surface area contributed by atoms with E-state index in [1.165, 1.54) is 6.07 Å². The summed E-state index contributed by atoms with van der Waals surface area (Å²) in [6, 6.07) is 1.71. The Hall–Kier alpha value is -1.01. The van der Waals surface area contributed by atoms with E-state index in [-0.39, 0.29) is 30.1 Å². The van der Waals surface area contributed by atoms with Gasteiger partial charge in [0.15, 0.2) is 12.3 Å². The third-order valence-electron chi connectivity index (χ3n) is 3.51. The van der Waals surface area contributed by atoms with Crippen molar-refractivity contribution in [1.82, 2.24) is 9.55 Å². The lowest BCUT2D eigenvalue weighted by Crippen LogP contribution is -2.41. The molecule has 2 aliphatic rings. The van der Waals surface area contributed by atoms with E-state index in [9.17, 15) is 4.79 Å². The lowest BCUT2D eigenvalue weighted by Gasteiger charge is -2.24. The largest absolute Gasteiger partial charge is 0.454 e. The van der Waals surface area contributed by atoms with Gasteiger partial charge in [0.05, 0.1) is 6.61 Å². The monoisotopic (exact) mass is 340 g/mol. The third-order valence-corrected chi connectivity index (χ3v) is 5.00. The molecule has 22 heavy (non-hydrogen) atoms. The van der Waals surface area contributed by atoms with E-state index in [1.54, 1.807) is 10.8 Å². The van der Waals surface area contributed by atoms with Gasteiger partial charge in [0.25, 0.3) is 5.56 Å². The predicted octanol–water partition coefficient (Wildman–Crippen LogP) is 0.806. The summed E-state index contributed by atoms with van der Waals surface area (Å²) in [4.78, 5) is 15.2. The Morgan fingerprint density at radius 1 is 1.32 bits per heavy atom. The maximum absolute atomic E-state index is 11.4. The van der Waals surface area contributed by atoms with E-state index in [0.717, 1.165) is 0 Å². The molecule has 3 rings (SSSR count). The Labute approximate surface area is 132 Å². The molecule has 4 atom stereocenters. The standard InChI is InChI=1S/C13H20N2O5Si2/c1-21(2)17-7-8-10(20-22(3)4)11-12(18-8)15-6-5-9(16)14-13(15)19-11/h5-6,8,10-12H,7H2,1-4H3. The average molecular weight is 340 g/mol. The van der Waals surface area contributed by atoms with Gasteiger partial charge in [-0.25, -0.2) is 0 Å². The van der Waals surface area contributed by atoms with Gasteiger partial charge in [-0.05, 0) is 26.2 Å². The van der Waals surface area contributed by atoms with E-state index in [0.29, 0.717) is 12.6 Å². The van der Waals surface area contributed by atoms with Crippen molar-refractivity contribution in [2.24, 2.45) is 0 Å². The quantitative estimate of drug-likeness (QED) is 0.739. The summed E-state index contributed by atoms with van der Waals surface area (Å²) < 4.78 is 25.6. The minimum absolute atomic E-state index is 0.164. The van der Waals surface area contributed by atoms with Gasteiger partial charge in [-0.1, -0.05) is 0 Å². The molecule has 9 heteroatoms. The summed E-state index contributed by atoms with van der Waals surface area (Å²) in [5, 5.41) is 0. The van der Waals surface area contributed by atoms with Gasteiger partial charge in [0.2, 0.25) is 18.1 Å². The molecule has 0 saturated carbocycles. The van der Waals surface area contributed by atoms with Crippen LogP contribution in [0.2, 0.25) is 26.2 Å². The van der Waals surface area contributed by atoms with Crippen LogP contribution in [0.3, 0.4) is 0 Å². The van der Waals surface area contributed by atoms with Crippen molar-refractivity contribution in [3.05, 3.63) is 22.6 Å². The van der Waals surface area contributed by atoms with E-state index in [2.05, 4.69) is 31.2 Å². The molecule has 7 nitrogen and oxygen atoms in total. The van der Waals surface area contributed by atoms with Gasteiger partial charge in [0, 0.05) is 12.3 Å². The molecule has 0 aliphatic carbocycles. The molecule has 2 radical (unpaired) electrons. The highest BCUT2D eigenvalue weighted by molar-refractivity contribution is 6.48. The maximum atomic E-state index is 11.4. The van der Waals surface area contributed by atoms with Crippen molar-refractivity contribution in [2.45, 2.75) is 50.7 Å². The van der Waals surface area contributed by atoms with Crippen LogP contribution in [-0.4, -0.2) is 52.6 Å². The van der Waals surface area contributed by atoms with Crippen molar-refractivity contribution in [1.29, 1.82) is 0 Å². The number of fused-ring (bicyclic) bond motifs is 3. The van der Waals surface area contributed by atoms with E-state index in [4.69, 9.17) is 18.3 Å². The van der Waals surface area contributed by atoms with Gasteiger partial charge in [-0.15, -0.1) is 0 Å². The van der Waals surface area contributed by atoms with Crippen LogP contribution in [0.1, 0.15) is 6.23 Å². The first kappa shape index (κ1) is 15.9. The molecule has 0 N–H and O–H groups in total. The van der Waals surface area contributed by atoms with Crippen LogP contribution >= 0.6 is 0 Å². The summed E-state index contributed by atoms with van der Waals surface area (Å²) in [6.45, 7) is 8.83. The maximum Gasteiger partial charge on any atom is 0.302 e. The number of ether oxygens (including phenoxy) is 2. The Kier molecular flexibility index (Phi) is 4.50. The Balaban J connectivity index is 1.82. The zero-order chi connectivity index (χ0) is 15.9. The van der Waals surface area contributed by atoms with Crippen LogP contribution in [0, 0.1) is 0 Å². The molecule has 0 amide bonds. The summed E-state index contributed by atoms with van der Waals surface area (Å²) in [6.07, 6.45) is 0.697. The van der Waals surface area contributed by atoms with Crippen molar-refractivity contribution in [2.75, 3.05) is 6.61 Å². The topological polar surface area (TPSA) is 71.8 Å². The SMILES string of the molecule is C[Si](C)OCC1OC2C(Oc3nc(=O)ccn32)C1O[Si](C)C. The second kappa shape index (κ2) is 6.24. The van der Waals surface area contributed by atoms with Crippen LogP contribution in [0.25, 0.3) is 0 Å². The van der Waals surface area contributed by atoms with Crippen molar-refractivity contribution < 1.29 is 18.3 Å². The first-order valence-electron chi connectivity index (χ1n) is 7.27. The fraction of sp³-hybridized carbons (Fsp3) is 0.692. The summed E-state index contributed by atoms with van der Waals surface area (Å²) in [5.41, 5.74) is -0.316. The van der Waals surface area contributed by atoms with Gasteiger partial charge < -0.3 is 18.3 Å². The zero-order valence-corrected chi connectivity index (χ0v) is 15.1. The number of aromatic nitrogens is 2. The fourth-order valence-electron chi connectivity index (χ4n) is 2.65. The highest BCUT2D eigenvalue weighted by Gasteiger charge is 2.52. The molecule has 120 valence electrons. The highest BCUT2D eigenvalue weighted by atomic mass is 28.3. The first-order valence-corrected chi connectivity index (χ1v) is 12.1. The van der Waals surface area contributed by atoms with Crippen LogP contribution in [0.5, 0.6) is 6.01 Å². The zero-order valence-electron chi connectivity index (χ0n) is 13.1. The molecule has 1 saturated heterocycles. The first-order chi connectivity index (χ1) is 10.5. The number of nitrogens with zero attached hydrogens (tertiary/aromatic N) is 2. The lowest BCUT2D eigenvalue weighted by molar-refractivity contribution is -0.0350. The van der Waals surface area contributed by atoms with Crippen LogP contribution in [0.4, 0.5) is 0 Å². The summed E-state index contributed by atoms with van der Waals surface area (Å²) in [5.74, 6) is 0. The molecule has 2 aliphatic heterocycles. The van der Waals surface area contributed by atoms with E-state index >= 15 is 0 Å².